The summed E-state index contributed by atoms with van der Waals surface area (Å²) in [6, 6.07) is 18.0. The third-order valence-corrected chi connectivity index (χ3v) is 7.04. The van der Waals surface area contributed by atoms with E-state index in [0.29, 0.717) is 29.0 Å². The van der Waals surface area contributed by atoms with E-state index < -0.39 is 0 Å². The van der Waals surface area contributed by atoms with Crippen molar-refractivity contribution in [2.75, 3.05) is 39.8 Å². The molecule has 3 aromatic rings. The van der Waals surface area contributed by atoms with Gasteiger partial charge in [0.15, 0.2) is 28.1 Å². The highest BCUT2D eigenvalue weighted by Gasteiger charge is 2.32. The van der Waals surface area contributed by atoms with E-state index in [4.69, 9.17) is 31.2 Å². The van der Waals surface area contributed by atoms with Crippen molar-refractivity contribution in [3.63, 3.8) is 0 Å². The van der Waals surface area contributed by atoms with Gasteiger partial charge >= 0.3 is 0 Å². The lowest BCUT2D eigenvalue weighted by atomic mass is 9.92. The summed E-state index contributed by atoms with van der Waals surface area (Å²) in [6.07, 6.45) is 1.75. The highest BCUT2D eigenvalue weighted by Crippen LogP contribution is 2.39. The number of hydrogen-bond donors (Lipinski definition) is 1. The Morgan fingerprint density at radius 2 is 1.64 bits per heavy atom. The standard InChI is InChI=1S/C29H34N2O4S/c1-6-20-11-9-10-19(2)28(20)30-29(36)31-15-14-21-16-26(33-4)27(34-5)17-22(21)23(31)18-35-25-13-8-7-12-24(25)32-3/h7-13,16-17,23H,6,14-15,18H2,1-5H3,(H,30,36). The van der Waals surface area contributed by atoms with Crippen LogP contribution in [0.2, 0.25) is 0 Å². The molecule has 0 aromatic heterocycles. The third-order valence-electron chi connectivity index (χ3n) is 6.70. The molecule has 7 heteroatoms. The zero-order valence-corrected chi connectivity index (χ0v) is 22.4. The van der Waals surface area contributed by atoms with E-state index in [1.807, 2.05) is 30.3 Å². The van der Waals surface area contributed by atoms with E-state index in [0.717, 1.165) is 36.4 Å². The summed E-state index contributed by atoms with van der Waals surface area (Å²) in [5.41, 5.74) is 5.79. The molecule has 0 radical (unpaired) electrons. The second kappa shape index (κ2) is 11.5. The van der Waals surface area contributed by atoms with Crippen molar-refractivity contribution in [3.05, 3.63) is 76.9 Å². The minimum atomic E-state index is -0.132. The van der Waals surface area contributed by atoms with Crippen LogP contribution in [0.25, 0.3) is 0 Å². The molecule has 0 saturated heterocycles. The molecule has 1 aliphatic heterocycles. The van der Waals surface area contributed by atoms with E-state index in [1.54, 1.807) is 21.3 Å². The van der Waals surface area contributed by atoms with Crippen LogP contribution in [-0.4, -0.2) is 44.5 Å². The van der Waals surface area contributed by atoms with E-state index in [9.17, 15) is 0 Å². The van der Waals surface area contributed by atoms with Crippen molar-refractivity contribution in [2.24, 2.45) is 0 Å². The van der Waals surface area contributed by atoms with Crippen molar-refractivity contribution >= 4 is 23.0 Å². The first-order valence-corrected chi connectivity index (χ1v) is 12.6. The highest BCUT2D eigenvalue weighted by molar-refractivity contribution is 7.80. The van der Waals surface area contributed by atoms with Gasteiger partial charge in [-0.2, -0.15) is 0 Å². The van der Waals surface area contributed by atoms with Gasteiger partial charge in [0, 0.05) is 12.2 Å². The smallest absolute Gasteiger partial charge is 0.174 e. The zero-order valence-electron chi connectivity index (χ0n) is 21.6. The predicted molar refractivity (Wildman–Crippen MR) is 148 cm³/mol. The van der Waals surface area contributed by atoms with Gasteiger partial charge in [0.05, 0.1) is 27.4 Å². The van der Waals surface area contributed by atoms with Gasteiger partial charge in [-0.3, -0.25) is 0 Å². The summed E-state index contributed by atoms with van der Waals surface area (Å²) in [5.74, 6) is 2.80. The second-order valence-corrected chi connectivity index (χ2v) is 9.11. The van der Waals surface area contributed by atoms with Crippen LogP contribution < -0.4 is 24.3 Å². The molecule has 1 heterocycles. The lowest BCUT2D eigenvalue weighted by Crippen LogP contribution is -2.44. The van der Waals surface area contributed by atoms with Gasteiger partial charge in [0.1, 0.15) is 6.61 Å². The van der Waals surface area contributed by atoms with Crippen molar-refractivity contribution in [3.8, 4) is 23.0 Å². The number of hydrogen-bond acceptors (Lipinski definition) is 5. The van der Waals surface area contributed by atoms with E-state index >= 15 is 0 Å². The van der Waals surface area contributed by atoms with E-state index in [2.05, 4.69) is 48.3 Å². The Hall–Kier alpha value is -3.45. The quantitative estimate of drug-likeness (QED) is 0.379. The molecule has 0 fully saturated rings. The number of methoxy groups -OCH3 is 3. The zero-order chi connectivity index (χ0) is 25.7. The summed E-state index contributed by atoms with van der Waals surface area (Å²) in [7, 11) is 4.96. The molecule has 0 saturated carbocycles. The van der Waals surface area contributed by atoms with Crippen molar-refractivity contribution in [1.29, 1.82) is 0 Å². The SMILES string of the molecule is CCc1cccc(C)c1NC(=S)N1CCc2cc(OC)c(OC)cc2C1COc1ccccc1OC. The minimum absolute atomic E-state index is 0.132. The summed E-state index contributed by atoms with van der Waals surface area (Å²) < 4.78 is 23.0. The lowest BCUT2D eigenvalue weighted by Gasteiger charge is -2.39. The Morgan fingerprint density at radius 3 is 2.33 bits per heavy atom. The van der Waals surface area contributed by atoms with Gasteiger partial charge in [-0.15, -0.1) is 0 Å². The van der Waals surface area contributed by atoms with Crippen LogP contribution in [0.1, 0.15) is 35.2 Å². The molecule has 190 valence electrons. The summed E-state index contributed by atoms with van der Waals surface area (Å²) in [5, 5.41) is 4.23. The van der Waals surface area contributed by atoms with Gasteiger partial charge in [-0.25, -0.2) is 0 Å². The monoisotopic (exact) mass is 506 g/mol. The number of rotatable bonds is 8. The Labute approximate surface area is 219 Å². The molecular weight excluding hydrogens is 472 g/mol. The number of aryl methyl sites for hydroxylation is 2. The number of benzene rings is 3. The molecule has 1 unspecified atom stereocenters. The van der Waals surface area contributed by atoms with Crippen LogP contribution in [0.5, 0.6) is 23.0 Å². The average Bonchev–Trinajstić information content (AvgIpc) is 2.91. The Balaban J connectivity index is 1.69. The molecule has 1 atom stereocenters. The third kappa shape index (κ3) is 5.21. The van der Waals surface area contributed by atoms with Gasteiger partial charge in [0.25, 0.3) is 0 Å². The fourth-order valence-corrected chi connectivity index (χ4v) is 5.06. The van der Waals surface area contributed by atoms with Crippen molar-refractivity contribution in [1.82, 2.24) is 4.90 Å². The Kier molecular flexibility index (Phi) is 8.21. The second-order valence-electron chi connectivity index (χ2n) is 8.72. The van der Waals surface area contributed by atoms with Crippen LogP contribution in [0.15, 0.2) is 54.6 Å². The topological polar surface area (TPSA) is 52.2 Å². The molecule has 0 amide bonds. The molecule has 1 aliphatic rings. The van der Waals surface area contributed by atoms with E-state index in [-0.39, 0.29) is 6.04 Å². The first kappa shape index (κ1) is 25.6. The van der Waals surface area contributed by atoms with Gasteiger partial charge < -0.3 is 29.2 Å². The normalized spacial score (nSPS) is 14.6. The summed E-state index contributed by atoms with van der Waals surface area (Å²) in [4.78, 5) is 2.21. The number of nitrogens with zero attached hydrogens (tertiary/aromatic N) is 1. The van der Waals surface area contributed by atoms with Crippen LogP contribution in [0.3, 0.4) is 0 Å². The first-order valence-electron chi connectivity index (χ1n) is 12.2. The van der Waals surface area contributed by atoms with Crippen LogP contribution >= 0.6 is 12.2 Å². The largest absolute Gasteiger partial charge is 0.493 e. The number of nitrogens with one attached hydrogen (secondary N) is 1. The molecule has 0 spiro atoms. The predicted octanol–water partition coefficient (Wildman–Crippen LogP) is 5.96. The van der Waals surface area contributed by atoms with Crippen molar-refractivity contribution in [2.45, 2.75) is 32.7 Å². The number of para-hydroxylation sites is 3. The fraction of sp³-hybridized carbons (Fsp3) is 0.345. The number of anilines is 1. The number of ether oxygens (including phenoxy) is 4. The molecule has 3 aromatic carbocycles. The Bertz CT molecular complexity index is 1230. The fourth-order valence-electron chi connectivity index (χ4n) is 4.74. The maximum atomic E-state index is 6.33. The van der Waals surface area contributed by atoms with Gasteiger partial charge in [-0.1, -0.05) is 37.3 Å². The molecule has 36 heavy (non-hydrogen) atoms. The molecule has 0 bridgehead atoms. The van der Waals surface area contributed by atoms with Gasteiger partial charge in [-0.05, 0) is 78.5 Å². The molecular formula is C29H34N2O4S. The van der Waals surface area contributed by atoms with Crippen LogP contribution in [-0.2, 0) is 12.8 Å². The van der Waals surface area contributed by atoms with Gasteiger partial charge in [0.2, 0.25) is 0 Å². The van der Waals surface area contributed by atoms with Crippen molar-refractivity contribution < 1.29 is 18.9 Å². The summed E-state index contributed by atoms with van der Waals surface area (Å²) >= 11 is 6.00. The first-order chi connectivity index (χ1) is 17.5. The molecule has 6 nitrogen and oxygen atoms in total. The van der Waals surface area contributed by atoms with Crippen LogP contribution in [0.4, 0.5) is 5.69 Å². The molecule has 0 aliphatic carbocycles. The summed E-state index contributed by atoms with van der Waals surface area (Å²) in [6.45, 7) is 5.40. The number of thiocarbonyl (C=S) groups is 1. The maximum Gasteiger partial charge on any atom is 0.174 e. The highest BCUT2D eigenvalue weighted by atomic mass is 32.1. The molecule has 1 N–H and O–H groups in total. The lowest BCUT2D eigenvalue weighted by molar-refractivity contribution is 0.185. The van der Waals surface area contributed by atoms with Crippen LogP contribution in [0, 0.1) is 6.92 Å². The molecule has 4 rings (SSSR count). The van der Waals surface area contributed by atoms with E-state index in [1.165, 1.54) is 16.7 Å². The number of fused-ring (bicyclic) bond motifs is 1. The minimum Gasteiger partial charge on any atom is -0.493 e. The average molecular weight is 507 g/mol. The Morgan fingerprint density at radius 1 is 0.944 bits per heavy atom. The maximum absolute atomic E-state index is 6.33.